The fourth-order valence-electron chi connectivity index (χ4n) is 1.69. The largest absolute Gasteiger partial charge is 0.390 e. The average molecular weight is 302 g/mol. The molecule has 108 valence electrons. The molecule has 0 radical (unpaired) electrons. The van der Waals surface area contributed by atoms with E-state index in [4.69, 9.17) is 17.1 Å². The van der Waals surface area contributed by atoms with Gasteiger partial charge in [-0.15, -0.1) is 0 Å². The maximum absolute atomic E-state index is 10.9. The second-order valence-electron chi connectivity index (χ2n) is 3.99. The molecule has 9 nitrogen and oxygen atoms in total. The SMILES string of the molecule is Cc1c(C(O)C(O)CCN=[N+]=[N-])cnc(Cl)c1[N+](=O)[O-]. The molecular formula is C10H12ClN5O4. The number of nitro groups is 1. The van der Waals surface area contributed by atoms with Gasteiger partial charge in [0.2, 0.25) is 5.15 Å². The molecule has 1 rings (SSSR count). The third kappa shape index (κ3) is 3.55. The number of halogens is 1. The van der Waals surface area contributed by atoms with Gasteiger partial charge in [-0.05, 0) is 18.9 Å². The number of hydrogen-bond donors (Lipinski definition) is 2. The number of pyridine rings is 1. The van der Waals surface area contributed by atoms with Gasteiger partial charge < -0.3 is 10.2 Å². The summed E-state index contributed by atoms with van der Waals surface area (Å²) in [5.74, 6) is 0. The van der Waals surface area contributed by atoms with Crippen molar-refractivity contribution < 1.29 is 15.1 Å². The van der Waals surface area contributed by atoms with E-state index < -0.39 is 22.8 Å². The quantitative estimate of drug-likeness (QED) is 0.206. The van der Waals surface area contributed by atoms with Gasteiger partial charge >= 0.3 is 5.69 Å². The number of aliphatic hydroxyl groups is 2. The molecule has 0 saturated heterocycles. The highest BCUT2D eigenvalue weighted by molar-refractivity contribution is 6.31. The van der Waals surface area contributed by atoms with Gasteiger partial charge in [-0.2, -0.15) is 0 Å². The van der Waals surface area contributed by atoms with Crippen LogP contribution < -0.4 is 0 Å². The fraction of sp³-hybridized carbons (Fsp3) is 0.500. The summed E-state index contributed by atoms with van der Waals surface area (Å²) in [5.41, 5.74) is 7.95. The van der Waals surface area contributed by atoms with Crippen LogP contribution in [0.5, 0.6) is 0 Å². The van der Waals surface area contributed by atoms with Crippen LogP contribution in [0.4, 0.5) is 5.69 Å². The van der Waals surface area contributed by atoms with E-state index in [1.54, 1.807) is 0 Å². The smallest absolute Gasteiger partial charge is 0.309 e. The molecule has 20 heavy (non-hydrogen) atoms. The number of nitrogens with zero attached hydrogens (tertiary/aromatic N) is 5. The van der Waals surface area contributed by atoms with Crippen LogP contribution in [0.3, 0.4) is 0 Å². The van der Waals surface area contributed by atoms with Gasteiger partial charge in [0.25, 0.3) is 0 Å². The Morgan fingerprint density at radius 3 is 2.85 bits per heavy atom. The Bertz CT molecular complexity index is 561. The van der Waals surface area contributed by atoms with Crippen molar-refractivity contribution in [2.75, 3.05) is 6.54 Å². The van der Waals surface area contributed by atoms with Crippen molar-refractivity contribution in [2.45, 2.75) is 25.6 Å². The van der Waals surface area contributed by atoms with E-state index in [0.717, 1.165) is 0 Å². The zero-order valence-electron chi connectivity index (χ0n) is 10.5. The number of hydrogen-bond acceptors (Lipinski definition) is 6. The lowest BCUT2D eigenvalue weighted by atomic mass is 9.99. The van der Waals surface area contributed by atoms with E-state index in [-0.39, 0.29) is 29.2 Å². The Labute approximate surface area is 118 Å². The summed E-state index contributed by atoms with van der Waals surface area (Å²) in [6.45, 7) is 1.40. The molecule has 2 unspecified atom stereocenters. The van der Waals surface area contributed by atoms with Crippen LogP contribution in [0.1, 0.15) is 23.7 Å². The number of aromatic nitrogens is 1. The van der Waals surface area contributed by atoms with Crippen molar-refractivity contribution in [3.63, 3.8) is 0 Å². The average Bonchev–Trinajstić information content (AvgIpc) is 2.38. The van der Waals surface area contributed by atoms with Crippen molar-refractivity contribution >= 4 is 17.3 Å². The fourth-order valence-corrected chi connectivity index (χ4v) is 1.95. The third-order valence-electron chi connectivity index (χ3n) is 2.75. The normalized spacial score (nSPS) is 13.4. The summed E-state index contributed by atoms with van der Waals surface area (Å²) in [4.78, 5) is 16.3. The predicted octanol–water partition coefficient (Wildman–Crippen LogP) is 2.05. The number of aliphatic hydroxyl groups excluding tert-OH is 2. The lowest BCUT2D eigenvalue weighted by Crippen LogP contribution is -2.20. The highest BCUT2D eigenvalue weighted by Crippen LogP contribution is 2.32. The Kier molecular flexibility index (Phi) is 5.66. The van der Waals surface area contributed by atoms with Crippen LogP contribution in [0.15, 0.2) is 11.3 Å². The molecule has 0 fully saturated rings. The molecule has 2 atom stereocenters. The first-order chi connectivity index (χ1) is 9.40. The minimum atomic E-state index is -1.38. The van der Waals surface area contributed by atoms with Crippen molar-refractivity contribution in [1.82, 2.24) is 4.98 Å². The molecule has 1 aromatic rings. The second kappa shape index (κ2) is 7.01. The van der Waals surface area contributed by atoms with Gasteiger partial charge in [0.15, 0.2) is 0 Å². The molecule has 0 spiro atoms. The van der Waals surface area contributed by atoms with Crippen LogP contribution in [0.25, 0.3) is 10.4 Å². The summed E-state index contributed by atoms with van der Waals surface area (Å²) in [5, 5.41) is 33.6. The van der Waals surface area contributed by atoms with Crippen LogP contribution in [0, 0.1) is 17.0 Å². The van der Waals surface area contributed by atoms with Crippen LogP contribution in [-0.2, 0) is 0 Å². The molecule has 1 heterocycles. The molecule has 0 aliphatic heterocycles. The van der Waals surface area contributed by atoms with Crippen molar-refractivity contribution in [3.05, 3.63) is 43.0 Å². The molecule has 1 aromatic heterocycles. The molecule has 0 aromatic carbocycles. The molecule has 0 aliphatic carbocycles. The maximum atomic E-state index is 10.9. The van der Waals surface area contributed by atoms with E-state index in [1.165, 1.54) is 13.1 Å². The van der Waals surface area contributed by atoms with E-state index in [0.29, 0.717) is 0 Å². The maximum Gasteiger partial charge on any atom is 0.309 e. The number of rotatable bonds is 6. The second-order valence-corrected chi connectivity index (χ2v) is 4.35. The lowest BCUT2D eigenvalue weighted by Gasteiger charge is -2.18. The molecular weight excluding hydrogens is 290 g/mol. The van der Waals surface area contributed by atoms with Crippen molar-refractivity contribution in [3.8, 4) is 0 Å². The van der Waals surface area contributed by atoms with Gasteiger partial charge in [-0.1, -0.05) is 16.7 Å². The van der Waals surface area contributed by atoms with E-state index in [9.17, 15) is 20.3 Å². The summed E-state index contributed by atoms with van der Waals surface area (Å²) < 4.78 is 0. The van der Waals surface area contributed by atoms with Gasteiger partial charge in [-0.3, -0.25) is 10.1 Å². The zero-order valence-corrected chi connectivity index (χ0v) is 11.2. The summed E-state index contributed by atoms with van der Waals surface area (Å²) in [6.07, 6.45) is -1.43. The molecule has 0 amide bonds. The van der Waals surface area contributed by atoms with Gasteiger partial charge in [-0.25, -0.2) is 4.98 Å². The monoisotopic (exact) mass is 301 g/mol. The summed E-state index contributed by atoms with van der Waals surface area (Å²) >= 11 is 5.63. The van der Waals surface area contributed by atoms with E-state index >= 15 is 0 Å². The first-order valence-electron chi connectivity index (χ1n) is 5.56. The molecule has 2 N–H and O–H groups in total. The van der Waals surface area contributed by atoms with E-state index in [1.807, 2.05) is 0 Å². The van der Waals surface area contributed by atoms with Crippen LogP contribution >= 0.6 is 11.6 Å². The van der Waals surface area contributed by atoms with Crippen molar-refractivity contribution in [2.24, 2.45) is 5.11 Å². The summed E-state index contributed by atoms with van der Waals surface area (Å²) in [6, 6.07) is 0. The Morgan fingerprint density at radius 1 is 1.65 bits per heavy atom. The Balaban J connectivity index is 3.04. The highest BCUT2D eigenvalue weighted by Gasteiger charge is 2.27. The zero-order chi connectivity index (χ0) is 15.3. The minimum Gasteiger partial charge on any atom is -0.390 e. The first kappa shape index (κ1) is 16.1. The van der Waals surface area contributed by atoms with Crippen LogP contribution in [-0.4, -0.2) is 32.8 Å². The Morgan fingerprint density at radius 2 is 2.30 bits per heavy atom. The lowest BCUT2D eigenvalue weighted by molar-refractivity contribution is -0.385. The van der Waals surface area contributed by atoms with Gasteiger partial charge in [0.1, 0.15) is 6.10 Å². The Hall–Kier alpha value is -1.93. The third-order valence-corrected chi connectivity index (χ3v) is 3.03. The summed E-state index contributed by atoms with van der Waals surface area (Å²) in [7, 11) is 0. The van der Waals surface area contributed by atoms with Crippen LogP contribution in [0.2, 0.25) is 5.15 Å². The topological polar surface area (TPSA) is 145 Å². The predicted molar refractivity (Wildman–Crippen MR) is 70.2 cm³/mol. The molecule has 0 saturated carbocycles. The molecule has 10 heteroatoms. The minimum absolute atomic E-state index is 0.00309. The van der Waals surface area contributed by atoms with Crippen molar-refractivity contribution in [1.29, 1.82) is 0 Å². The number of azide groups is 1. The molecule has 0 aliphatic rings. The van der Waals surface area contributed by atoms with Gasteiger partial charge in [0, 0.05) is 28.8 Å². The molecule has 0 bridgehead atoms. The van der Waals surface area contributed by atoms with Gasteiger partial charge in [0.05, 0.1) is 11.0 Å². The van der Waals surface area contributed by atoms with E-state index in [2.05, 4.69) is 15.0 Å². The standard InChI is InChI=1S/C10H12ClN5O4/c1-5-6(4-13-10(11)8(5)16(19)20)9(18)7(17)2-3-14-15-12/h4,7,9,17-18H,2-3H2,1H3. The highest BCUT2D eigenvalue weighted by atomic mass is 35.5. The first-order valence-corrected chi connectivity index (χ1v) is 5.94.